The van der Waals surface area contributed by atoms with Crippen molar-refractivity contribution in [1.82, 2.24) is 5.32 Å². The largest absolute Gasteiger partial charge is 0.444 e. The van der Waals surface area contributed by atoms with Gasteiger partial charge < -0.3 is 25.6 Å². The topological polar surface area (TPSA) is 108 Å². The van der Waals surface area contributed by atoms with Crippen molar-refractivity contribution in [2.75, 3.05) is 11.9 Å². The van der Waals surface area contributed by atoms with Crippen LogP contribution in [0.15, 0.2) is 18.2 Å². The molecule has 2 atom stereocenters. The number of aliphatic hydroxyl groups excluding tert-OH is 2. The van der Waals surface area contributed by atoms with Crippen LogP contribution in [0.5, 0.6) is 0 Å². The van der Waals surface area contributed by atoms with E-state index in [4.69, 9.17) is 4.74 Å². The van der Waals surface area contributed by atoms with Gasteiger partial charge in [0.1, 0.15) is 17.8 Å². The van der Waals surface area contributed by atoms with Crippen LogP contribution in [0.3, 0.4) is 0 Å². The number of fused-ring (bicyclic) bond motifs is 1. The lowest BCUT2D eigenvalue weighted by Gasteiger charge is -2.23. The molecule has 7 heteroatoms. The fourth-order valence-corrected chi connectivity index (χ4v) is 2.34. The minimum Gasteiger partial charge on any atom is -0.444 e. The number of benzene rings is 1. The van der Waals surface area contributed by atoms with Gasteiger partial charge in [0.25, 0.3) is 0 Å². The summed E-state index contributed by atoms with van der Waals surface area (Å²) in [6.07, 6.45) is -2.89. The highest BCUT2D eigenvalue weighted by atomic mass is 16.6. The Balaban J connectivity index is 1.99. The summed E-state index contributed by atoms with van der Waals surface area (Å²) in [6.45, 7) is 5.02. The number of hydrogen-bond acceptors (Lipinski definition) is 5. The van der Waals surface area contributed by atoms with Crippen LogP contribution in [0.2, 0.25) is 0 Å². The number of para-hydroxylation sites is 1. The van der Waals surface area contributed by atoms with Gasteiger partial charge in [0.15, 0.2) is 0 Å². The number of hydrogen-bond donors (Lipinski definition) is 4. The van der Waals surface area contributed by atoms with Gasteiger partial charge in [-0.25, -0.2) is 4.79 Å². The molecule has 2 rings (SSSR count). The zero-order valence-electron chi connectivity index (χ0n) is 13.4. The van der Waals surface area contributed by atoms with E-state index in [1.165, 1.54) is 0 Å². The molecule has 0 fully saturated rings. The number of alkyl carbamates (subject to hydrolysis) is 1. The molecule has 23 heavy (non-hydrogen) atoms. The Morgan fingerprint density at radius 3 is 2.74 bits per heavy atom. The monoisotopic (exact) mass is 322 g/mol. The Hall–Kier alpha value is -2.12. The molecule has 2 unspecified atom stereocenters. The van der Waals surface area contributed by atoms with Crippen LogP contribution in [0.25, 0.3) is 0 Å². The Kier molecular flexibility index (Phi) is 4.91. The maximum atomic E-state index is 11.6. The normalized spacial score (nSPS) is 16.3. The van der Waals surface area contributed by atoms with Gasteiger partial charge in [-0.1, -0.05) is 18.2 Å². The SMILES string of the molecule is CC(C)(C)OC(=O)NCC(O)C(O)c1cccc2c1NC(=O)C2. The molecule has 0 saturated carbocycles. The predicted octanol–water partition coefficient (Wildman–Crippen LogP) is 1.10. The van der Waals surface area contributed by atoms with Crippen molar-refractivity contribution in [3.05, 3.63) is 29.3 Å². The second-order valence-corrected chi connectivity index (χ2v) is 6.50. The highest BCUT2D eigenvalue weighted by Crippen LogP contribution is 2.32. The summed E-state index contributed by atoms with van der Waals surface area (Å²) in [5.41, 5.74) is 1.09. The second-order valence-electron chi connectivity index (χ2n) is 6.50. The summed E-state index contributed by atoms with van der Waals surface area (Å²) in [6, 6.07) is 5.13. The van der Waals surface area contributed by atoms with Crippen molar-refractivity contribution in [2.45, 2.75) is 45.0 Å². The van der Waals surface area contributed by atoms with Crippen LogP contribution in [0.1, 0.15) is 38.0 Å². The van der Waals surface area contributed by atoms with Gasteiger partial charge in [-0.3, -0.25) is 4.79 Å². The molecule has 1 aromatic rings. The standard InChI is InChI=1S/C16H22N2O5/c1-16(2,3)23-15(22)17-8-11(19)14(21)10-6-4-5-9-7-12(20)18-13(9)10/h4-6,11,14,19,21H,7-8H2,1-3H3,(H,17,22)(H,18,20). The molecular formula is C16H22N2O5. The summed E-state index contributed by atoms with van der Waals surface area (Å²) in [5.74, 6) is -0.152. The van der Waals surface area contributed by atoms with Crippen molar-refractivity contribution in [1.29, 1.82) is 0 Å². The molecule has 7 nitrogen and oxygen atoms in total. The average Bonchev–Trinajstić information content (AvgIpc) is 2.82. The first kappa shape index (κ1) is 17.2. The minimum absolute atomic E-state index is 0.152. The number of rotatable bonds is 4. The first-order chi connectivity index (χ1) is 10.7. The smallest absolute Gasteiger partial charge is 0.407 e. The predicted molar refractivity (Wildman–Crippen MR) is 84.0 cm³/mol. The van der Waals surface area contributed by atoms with Crippen LogP contribution in [0, 0.1) is 0 Å². The zero-order valence-corrected chi connectivity index (χ0v) is 13.4. The number of carbonyl (C=O) groups excluding carboxylic acids is 2. The minimum atomic E-state index is -1.24. The lowest BCUT2D eigenvalue weighted by Crippen LogP contribution is -2.39. The van der Waals surface area contributed by atoms with Gasteiger partial charge in [0.2, 0.25) is 5.91 Å². The van der Waals surface area contributed by atoms with E-state index >= 15 is 0 Å². The molecule has 0 saturated heterocycles. The highest BCUT2D eigenvalue weighted by molar-refractivity contribution is 6.00. The van der Waals surface area contributed by atoms with E-state index < -0.39 is 23.9 Å². The number of anilines is 1. The van der Waals surface area contributed by atoms with Crippen LogP contribution in [-0.2, 0) is 16.0 Å². The number of aliphatic hydroxyl groups is 2. The van der Waals surface area contributed by atoms with Crippen molar-refractivity contribution < 1.29 is 24.5 Å². The summed E-state index contributed by atoms with van der Waals surface area (Å²) in [4.78, 5) is 23.0. The summed E-state index contributed by atoms with van der Waals surface area (Å²) in [5, 5.41) is 25.5. The fourth-order valence-electron chi connectivity index (χ4n) is 2.34. The Morgan fingerprint density at radius 2 is 2.09 bits per heavy atom. The molecule has 0 spiro atoms. The fraction of sp³-hybridized carbons (Fsp3) is 0.500. The van der Waals surface area contributed by atoms with E-state index in [2.05, 4.69) is 10.6 Å². The number of nitrogens with one attached hydrogen (secondary N) is 2. The molecule has 0 aromatic heterocycles. The maximum absolute atomic E-state index is 11.6. The molecule has 1 heterocycles. The Labute approximate surface area is 134 Å². The van der Waals surface area contributed by atoms with E-state index in [1.807, 2.05) is 0 Å². The lowest BCUT2D eigenvalue weighted by atomic mass is 9.99. The van der Waals surface area contributed by atoms with Crippen molar-refractivity contribution in [2.24, 2.45) is 0 Å². The van der Waals surface area contributed by atoms with E-state index in [0.29, 0.717) is 11.3 Å². The van der Waals surface area contributed by atoms with Crippen LogP contribution in [-0.4, -0.2) is 40.5 Å². The second kappa shape index (κ2) is 6.55. The number of ether oxygens (including phenoxy) is 1. The molecule has 4 N–H and O–H groups in total. The average molecular weight is 322 g/mol. The lowest BCUT2D eigenvalue weighted by molar-refractivity contribution is -0.115. The van der Waals surface area contributed by atoms with Crippen LogP contribution in [0.4, 0.5) is 10.5 Å². The van der Waals surface area contributed by atoms with Gasteiger partial charge in [-0.2, -0.15) is 0 Å². The molecule has 0 aliphatic carbocycles. The van der Waals surface area contributed by atoms with Gasteiger partial charge in [0.05, 0.1) is 12.1 Å². The van der Waals surface area contributed by atoms with Crippen LogP contribution < -0.4 is 10.6 Å². The quantitative estimate of drug-likeness (QED) is 0.664. The molecule has 1 aliphatic rings. The first-order valence-electron chi connectivity index (χ1n) is 7.42. The van der Waals surface area contributed by atoms with Crippen LogP contribution >= 0.6 is 0 Å². The first-order valence-corrected chi connectivity index (χ1v) is 7.42. The van der Waals surface area contributed by atoms with E-state index in [9.17, 15) is 19.8 Å². The van der Waals surface area contributed by atoms with Crippen molar-refractivity contribution in [3.63, 3.8) is 0 Å². The summed E-state index contributed by atoms with van der Waals surface area (Å²) < 4.78 is 5.06. The van der Waals surface area contributed by atoms with Gasteiger partial charge in [0, 0.05) is 12.1 Å². The third-order valence-electron chi connectivity index (χ3n) is 3.34. The maximum Gasteiger partial charge on any atom is 0.407 e. The van der Waals surface area contributed by atoms with Gasteiger partial charge in [-0.15, -0.1) is 0 Å². The van der Waals surface area contributed by atoms with E-state index in [0.717, 1.165) is 5.56 Å². The Bertz CT molecular complexity index is 609. The van der Waals surface area contributed by atoms with E-state index in [1.54, 1.807) is 39.0 Å². The zero-order chi connectivity index (χ0) is 17.2. The van der Waals surface area contributed by atoms with Gasteiger partial charge >= 0.3 is 6.09 Å². The van der Waals surface area contributed by atoms with Crippen molar-refractivity contribution in [3.8, 4) is 0 Å². The summed E-state index contributed by atoms with van der Waals surface area (Å²) in [7, 11) is 0. The van der Waals surface area contributed by atoms with Crippen molar-refractivity contribution >= 4 is 17.7 Å². The highest BCUT2D eigenvalue weighted by Gasteiger charge is 2.27. The third kappa shape index (κ3) is 4.43. The molecule has 126 valence electrons. The van der Waals surface area contributed by atoms with Gasteiger partial charge in [-0.05, 0) is 26.3 Å². The molecule has 1 aliphatic heterocycles. The number of amides is 2. The molecular weight excluding hydrogens is 300 g/mol. The van der Waals surface area contributed by atoms with E-state index in [-0.39, 0.29) is 18.9 Å². The molecule has 0 bridgehead atoms. The number of carbonyl (C=O) groups is 2. The Morgan fingerprint density at radius 1 is 1.39 bits per heavy atom. The third-order valence-corrected chi connectivity index (χ3v) is 3.34. The summed E-state index contributed by atoms with van der Waals surface area (Å²) >= 11 is 0. The molecule has 1 aromatic carbocycles. The molecule has 2 amide bonds. The molecule has 0 radical (unpaired) electrons.